The highest BCUT2D eigenvalue weighted by Gasteiger charge is 2.24. The topological polar surface area (TPSA) is 61.8 Å². The highest BCUT2D eigenvalue weighted by molar-refractivity contribution is 5.71. The number of fused-ring (bicyclic) bond motifs is 1. The van der Waals surface area contributed by atoms with Crippen LogP contribution in [0, 0.1) is 0 Å². The van der Waals surface area contributed by atoms with Gasteiger partial charge in [-0.3, -0.25) is 13.9 Å². The van der Waals surface area contributed by atoms with E-state index in [1.54, 1.807) is 7.05 Å². The largest absolute Gasteiger partial charge is 0.332 e. The van der Waals surface area contributed by atoms with Crippen molar-refractivity contribution in [2.75, 3.05) is 0 Å². The molecule has 20 heavy (non-hydrogen) atoms. The molecule has 0 aromatic carbocycles. The van der Waals surface area contributed by atoms with E-state index in [1.807, 2.05) is 11.6 Å². The van der Waals surface area contributed by atoms with Gasteiger partial charge < -0.3 is 4.57 Å². The lowest BCUT2D eigenvalue weighted by Gasteiger charge is -2.20. The smallest absolute Gasteiger partial charge is 0.325 e. The lowest BCUT2D eigenvalue weighted by atomic mass is 9.89. The van der Waals surface area contributed by atoms with Crippen LogP contribution >= 0.6 is 0 Å². The second-order valence-corrected chi connectivity index (χ2v) is 5.74. The Morgan fingerprint density at radius 3 is 2.25 bits per heavy atom. The molecular formula is C14H20N4O2. The molecule has 0 bridgehead atoms. The molecule has 1 saturated carbocycles. The Balaban J connectivity index is 2.29. The van der Waals surface area contributed by atoms with Gasteiger partial charge in [0, 0.05) is 27.1 Å². The zero-order chi connectivity index (χ0) is 14.4. The quantitative estimate of drug-likeness (QED) is 0.781. The molecule has 2 heterocycles. The molecule has 2 aromatic heterocycles. The van der Waals surface area contributed by atoms with Crippen LogP contribution in [-0.4, -0.2) is 18.7 Å². The van der Waals surface area contributed by atoms with Crippen molar-refractivity contribution in [1.29, 1.82) is 0 Å². The Morgan fingerprint density at radius 2 is 1.60 bits per heavy atom. The second kappa shape index (κ2) is 4.61. The first-order chi connectivity index (χ1) is 9.52. The van der Waals surface area contributed by atoms with Crippen molar-refractivity contribution in [2.45, 2.75) is 38.0 Å². The first-order valence-corrected chi connectivity index (χ1v) is 7.14. The zero-order valence-electron chi connectivity index (χ0n) is 12.2. The average Bonchev–Trinajstić information content (AvgIpc) is 2.81. The van der Waals surface area contributed by atoms with Crippen LogP contribution in [0.5, 0.6) is 0 Å². The van der Waals surface area contributed by atoms with Crippen molar-refractivity contribution in [1.82, 2.24) is 18.7 Å². The molecule has 108 valence electrons. The van der Waals surface area contributed by atoms with Crippen LogP contribution in [0.4, 0.5) is 0 Å². The normalized spacial score (nSPS) is 16.9. The number of hydrogen-bond donors (Lipinski definition) is 0. The Hall–Kier alpha value is -1.85. The van der Waals surface area contributed by atoms with Crippen molar-refractivity contribution >= 4 is 11.2 Å². The number of hydrogen-bond acceptors (Lipinski definition) is 3. The predicted molar refractivity (Wildman–Crippen MR) is 77.0 cm³/mol. The van der Waals surface area contributed by atoms with E-state index < -0.39 is 0 Å². The van der Waals surface area contributed by atoms with Gasteiger partial charge in [-0.05, 0) is 12.8 Å². The van der Waals surface area contributed by atoms with E-state index in [-0.39, 0.29) is 11.2 Å². The molecule has 0 unspecified atom stereocenters. The summed E-state index contributed by atoms with van der Waals surface area (Å²) in [6, 6.07) is 0. The van der Waals surface area contributed by atoms with Crippen molar-refractivity contribution in [3.8, 4) is 0 Å². The third-order valence-electron chi connectivity index (χ3n) is 4.48. The standard InChI is InChI=1S/C14H20N4O2/c1-16-10-12(17(2)14(20)18(3)13(10)19)15-11(16)9-7-5-4-6-8-9/h9H,4-8H2,1-3H3. The maximum atomic E-state index is 12.3. The molecule has 0 aliphatic heterocycles. The maximum Gasteiger partial charge on any atom is 0.332 e. The first kappa shape index (κ1) is 13.1. The molecule has 1 aliphatic rings. The molecule has 0 N–H and O–H groups in total. The zero-order valence-corrected chi connectivity index (χ0v) is 12.2. The molecule has 1 fully saturated rings. The van der Waals surface area contributed by atoms with Crippen molar-refractivity contribution in [3.63, 3.8) is 0 Å². The van der Waals surface area contributed by atoms with Gasteiger partial charge in [0.15, 0.2) is 11.2 Å². The van der Waals surface area contributed by atoms with Gasteiger partial charge in [-0.15, -0.1) is 0 Å². The van der Waals surface area contributed by atoms with Crippen molar-refractivity contribution in [2.24, 2.45) is 21.1 Å². The van der Waals surface area contributed by atoms with Gasteiger partial charge in [0.2, 0.25) is 0 Å². The van der Waals surface area contributed by atoms with Crippen molar-refractivity contribution in [3.05, 3.63) is 26.7 Å². The highest BCUT2D eigenvalue weighted by atomic mass is 16.2. The Morgan fingerprint density at radius 1 is 0.950 bits per heavy atom. The molecule has 0 atom stereocenters. The van der Waals surface area contributed by atoms with Crippen LogP contribution in [0.3, 0.4) is 0 Å². The van der Waals surface area contributed by atoms with E-state index in [0.717, 1.165) is 23.2 Å². The van der Waals surface area contributed by atoms with Crippen LogP contribution in [0.2, 0.25) is 0 Å². The highest BCUT2D eigenvalue weighted by Crippen LogP contribution is 2.32. The monoisotopic (exact) mass is 276 g/mol. The minimum absolute atomic E-state index is 0.264. The van der Waals surface area contributed by atoms with Gasteiger partial charge in [0.25, 0.3) is 5.56 Å². The second-order valence-electron chi connectivity index (χ2n) is 5.74. The van der Waals surface area contributed by atoms with E-state index in [0.29, 0.717) is 17.1 Å². The van der Waals surface area contributed by atoms with Gasteiger partial charge >= 0.3 is 5.69 Å². The predicted octanol–water partition coefficient (Wildman–Crippen LogP) is 1.02. The summed E-state index contributed by atoms with van der Waals surface area (Å²) in [5.74, 6) is 1.35. The van der Waals surface area contributed by atoms with E-state index in [2.05, 4.69) is 4.98 Å². The average molecular weight is 276 g/mol. The molecule has 6 nitrogen and oxygen atoms in total. The van der Waals surface area contributed by atoms with E-state index in [1.165, 1.54) is 30.9 Å². The fourth-order valence-corrected chi connectivity index (χ4v) is 3.26. The van der Waals surface area contributed by atoms with Gasteiger partial charge in [-0.1, -0.05) is 19.3 Å². The van der Waals surface area contributed by atoms with Gasteiger partial charge in [0.1, 0.15) is 5.82 Å². The van der Waals surface area contributed by atoms with Gasteiger partial charge in [-0.2, -0.15) is 0 Å². The molecule has 0 amide bonds. The fraction of sp³-hybridized carbons (Fsp3) is 0.643. The summed E-state index contributed by atoms with van der Waals surface area (Å²) >= 11 is 0. The summed E-state index contributed by atoms with van der Waals surface area (Å²) in [6.07, 6.45) is 5.94. The van der Waals surface area contributed by atoms with E-state index in [4.69, 9.17) is 0 Å². The molecule has 0 spiro atoms. The minimum Gasteiger partial charge on any atom is -0.325 e. The molecule has 2 aromatic rings. The van der Waals surface area contributed by atoms with Crippen LogP contribution in [-0.2, 0) is 21.1 Å². The van der Waals surface area contributed by atoms with Crippen LogP contribution in [0.25, 0.3) is 11.2 Å². The van der Waals surface area contributed by atoms with Gasteiger partial charge in [0.05, 0.1) is 0 Å². The number of imidazole rings is 1. The van der Waals surface area contributed by atoms with E-state index >= 15 is 0 Å². The summed E-state index contributed by atoms with van der Waals surface area (Å²) in [6.45, 7) is 0. The van der Waals surface area contributed by atoms with Crippen LogP contribution in [0.1, 0.15) is 43.8 Å². The summed E-state index contributed by atoms with van der Waals surface area (Å²) in [5, 5.41) is 0. The molecule has 3 rings (SSSR count). The third kappa shape index (κ3) is 1.74. The molecular weight excluding hydrogens is 256 g/mol. The molecule has 6 heteroatoms. The Bertz CT molecular complexity index is 775. The van der Waals surface area contributed by atoms with Crippen LogP contribution < -0.4 is 11.2 Å². The lowest BCUT2D eigenvalue weighted by molar-refractivity contribution is 0.422. The Kier molecular flexibility index (Phi) is 3.03. The van der Waals surface area contributed by atoms with Crippen LogP contribution in [0.15, 0.2) is 9.59 Å². The maximum absolute atomic E-state index is 12.3. The summed E-state index contributed by atoms with van der Waals surface area (Å²) in [4.78, 5) is 28.9. The summed E-state index contributed by atoms with van der Waals surface area (Å²) < 4.78 is 4.49. The molecule has 0 saturated heterocycles. The Labute approximate surface area is 116 Å². The number of aromatic nitrogens is 4. The van der Waals surface area contributed by atoms with E-state index in [9.17, 15) is 9.59 Å². The SMILES string of the molecule is Cn1c(=O)c2c(nc(C3CCCCC3)n2C)n(C)c1=O. The molecule has 1 aliphatic carbocycles. The number of nitrogens with zero attached hydrogens (tertiary/aromatic N) is 4. The first-order valence-electron chi connectivity index (χ1n) is 7.14. The number of rotatable bonds is 1. The lowest BCUT2D eigenvalue weighted by Crippen LogP contribution is -2.37. The summed E-state index contributed by atoms with van der Waals surface area (Å²) in [7, 11) is 5.06. The third-order valence-corrected chi connectivity index (χ3v) is 4.48. The summed E-state index contributed by atoms with van der Waals surface area (Å²) in [5.41, 5.74) is 0.437. The molecule has 0 radical (unpaired) electrons. The van der Waals surface area contributed by atoms with Crippen molar-refractivity contribution < 1.29 is 0 Å². The fourth-order valence-electron chi connectivity index (χ4n) is 3.26. The minimum atomic E-state index is -0.323. The number of aryl methyl sites for hydroxylation is 2. The van der Waals surface area contributed by atoms with Gasteiger partial charge in [-0.25, -0.2) is 9.78 Å².